The number of carboxylic acid groups (broad SMARTS) is 1. The maximum atomic E-state index is 10.9. The Balaban J connectivity index is 2.13. The van der Waals surface area contributed by atoms with Crippen molar-refractivity contribution in [2.45, 2.75) is 0 Å². The molecule has 0 saturated heterocycles. The summed E-state index contributed by atoms with van der Waals surface area (Å²) in [7, 11) is 0. The monoisotopic (exact) mass is 258 g/mol. The van der Waals surface area contributed by atoms with Crippen molar-refractivity contribution in [3.05, 3.63) is 54.1 Å². The number of carboxylic acids is 1. The topological polar surface area (TPSA) is 91.5 Å². The van der Waals surface area contributed by atoms with Crippen molar-refractivity contribution in [3.63, 3.8) is 0 Å². The van der Waals surface area contributed by atoms with Gasteiger partial charge in [-0.05, 0) is 24.3 Å². The van der Waals surface area contributed by atoms with Crippen LogP contribution in [0.3, 0.4) is 0 Å². The van der Waals surface area contributed by atoms with Crippen LogP contribution in [0.4, 0.5) is 5.69 Å². The summed E-state index contributed by atoms with van der Waals surface area (Å²) in [4.78, 5) is 15.9. The summed E-state index contributed by atoms with van der Waals surface area (Å²) < 4.78 is 0. The number of hydrogen-bond acceptors (Lipinski definition) is 5. The van der Waals surface area contributed by atoms with Crippen LogP contribution in [0.25, 0.3) is 0 Å². The van der Waals surface area contributed by atoms with E-state index in [4.69, 9.17) is 9.94 Å². The molecule has 2 N–H and O–H groups in total. The van der Waals surface area contributed by atoms with Crippen LogP contribution in [0.2, 0.25) is 0 Å². The molecule has 0 heterocycles. The van der Waals surface area contributed by atoms with E-state index in [9.17, 15) is 9.90 Å². The third-order valence-electron chi connectivity index (χ3n) is 2.24. The van der Waals surface area contributed by atoms with Gasteiger partial charge in [-0.25, -0.2) is 4.79 Å². The standard InChI is InChI=1S/C13H10N2O4/c16-10-5-3-4-9(8-10)14-15-19-12-7-2-1-6-11(12)13(17)18/h1-8,16H,(H,17,18). The molecule has 2 aromatic carbocycles. The lowest BCUT2D eigenvalue weighted by molar-refractivity contribution is 0.0692. The minimum absolute atomic E-state index is 0.00245. The molecule has 2 aromatic rings. The number of carbonyl (C=O) groups is 1. The Hall–Kier alpha value is -2.89. The number of phenolic OH excluding ortho intramolecular Hbond substituents is 1. The summed E-state index contributed by atoms with van der Waals surface area (Å²) >= 11 is 0. The van der Waals surface area contributed by atoms with Crippen LogP contribution >= 0.6 is 0 Å². The van der Waals surface area contributed by atoms with Crippen molar-refractivity contribution in [1.82, 2.24) is 0 Å². The smallest absolute Gasteiger partial charge is 0.339 e. The van der Waals surface area contributed by atoms with Crippen molar-refractivity contribution in [2.24, 2.45) is 10.4 Å². The lowest BCUT2D eigenvalue weighted by Crippen LogP contribution is -1.98. The van der Waals surface area contributed by atoms with E-state index in [0.717, 1.165) is 0 Å². The van der Waals surface area contributed by atoms with E-state index in [1.807, 2.05) is 0 Å². The van der Waals surface area contributed by atoms with E-state index in [1.54, 1.807) is 24.3 Å². The number of nitrogens with zero attached hydrogens (tertiary/aromatic N) is 2. The largest absolute Gasteiger partial charge is 0.508 e. The predicted octanol–water partition coefficient (Wildman–Crippen LogP) is 3.17. The Bertz CT molecular complexity index is 626. The van der Waals surface area contributed by atoms with E-state index >= 15 is 0 Å². The van der Waals surface area contributed by atoms with Gasteiger partial charge in [-0.3, -0.25) is 0 Å². The third kappa shape index (κ3) is 3.29. The summed E-state index contributed by atoms with van der Waals surface area (Å²) in [6, 6.07) is 12.2. The van der Waals surface area contributed by atoms with Crippen LogP contribution in [0, 0.1) is 0 Å². The molecule has 0 amide bonds. The van der Waals surface area contributed by atoms with Crippen LogP contribution in [-0.2, 0) is 0 Å². The Morgan fingerprint density at radius 3 is 2.63 bits per heavy atom. The number of rotatable bonds is 4. The molecule has 19 heavy (non-hydrogen) atoms. The van der Waals surface area contributed by atoms with Gasteiger partial charge < -0.3 is 15.1 Å². The maximum Gasteiger partial charge on any atom is 0.339 e. The first kappa shape index (κ1) is 12.6. The maximum absolute atomic E-state index is 10.9. The summed E-state index contributed by atoms with van der Waals surface area (Å²) in [5, 5.41) is 25.3. The zero-order valence-electron chi connectivity index (χ0n) is 9.72. The Morgan fingerprint density at radius 2 is 1.89 bits per heavy atom. The quantitative estimate of drug-likeness (QED) is 0.650. The first-order valence-electron chi connectivity index (χ1n) is 5.36. The number of hydrogen-bond donors (Lipinski definition) is 2. The van der Waals surface area contributed by atoms with Gasteiger partial charge in [-0.1, -0.05) is 18.2 Å². The van der Waals surface area contributed by atoms with Crippen LogP contribution in [0.15, 0.2) is 58.9 Å². The summed E-state index contributed by atoms with van der Waals surface area (Å²) in [6.45, 7) is 0. The van der Waals surface area contributed by atoms with Gasteiger partial charge in [0.1, 0.15) is 11.3 Å². The number of phenols is 1. The lowest BCUT2D eigenvalue weighted by Gasteiger charge is -2.01. The highest BCUT2D eigenvalue weighted by Crippen LogP contribution is 2.21. The first-order chi connectivity index (χ1) is 9.16. The van der Waals surface area contributed by atoms with Crippen molar-refractivity contribution < 1.29 is 19.8 Å². The van der Waals surface area contributed by atoms with Gasteiger partial charge in [-0.2, -0.15) is 0 Å². The van der Waals surface area contributed by atoms with Crippen molar-refractivity contribution in [3.8, 4) is 11.5 Å². The molecule has 0 aromatic heterocycles. The van der Waals surface area contributed by atoms with E-state index < -0.39 is 5.97 Å². The summed E-state index contributed by atoms with van der Waals surface area (Å²) in [5.41, 5.74) is 0.394. The van der Waals surface area contributed by atoms with Gasteiger partial charge >= 0.3 is 5.97 Å². The fraction of sp³-hybridized carbons (Fsp3) is 0. The molecule has 0 bridgehead atoms. The third-order valence-corrected chi connectivity index (χ3v) is 2.24. The molecule has 6 nitrogen and oxygen atoms in total. The summed E-state index contributed by atoms with van der Waals surface area (Å²) in [5.74, 6) is -0.954. The van der Waals surface area contributed by atoms with E-state index in [2.05, 4.69) is 10.4 Å². The van der Waals surface area contributed by atoms with Gasteiger partial charge in [-0.15, -0.1) is 5.11 Å². The minimum atomic E-state index is -1.11. The SMILES string of the molecule is O=C(O)c1ccccc1ON=Nc1cccc(O)c1. The number of aromatic hydroxyl groups is 1. The highest BCUT2D eigenvalue weighted by Gasteiger charge is 2.10. The molecule has 6 heteroatoms. The van der Waals surface area contributed by atoms with Crippen LogP contribution in [-0.4, -0.2) is 16.2 Å². The van der Waals surface area contributed by atoms with Crippen LogP contribution in [0.5, 0.6) is 11.5 Å². The van der Waals surface area contributed by atoms with Crippen LogP contribution < -0.4 is 4.84 Å². The average Bonchev–Trinajstić information content (AvgIpc) is 2.39. The molecule has 0 radical (unpaired) electrons. The second-order valence-electron chi connectivity index (χ2n) is 3.59. The van der Waals surface area contributed by atoms with E-state index in [1.165, 1.54) is 24.3 Å². The summed E-state index contributed by atoms with van der Waals surface area (Å²) in [6.07, 6.45) is 0. The molecule has 0 aliphatic rings. The Kier molecular flexibility index (Phi) is 3.72. The van der Waals surface area contributed by atoms with Gasteiger partial charge in [0.15, 0.2) is 5.75 Å². The molecular weight excluding hydrogens is 248 g/mol. The van der Waals surface area contributed by atoms with Crippen molar-refractivity contribution >= 4 is 11.7 Å². The molecule has 0 aliphatic heterocycles. The highest BCUT2D eigenvalue weighted by atomic mass is 16.6. The lowest BCUT2D eigenvalue weighted by atomic mass is 10.2. The Morgan fingerprint density at radius 1 is 1.11 bits per heavy atom. The second-order valence-corrected chi connectivity index (χ2v) is 3.59. The predicted molar refractivity (Wildman–Crippen MR) is 66.7 cm³/mol. The zero-order chi connectivity index (χ0) is 13.7. The van der Waals surface area contributed by atoms with Gasteiger partial charge in [0.25, 0.3) is 0 Å². The molecule has 2 rings (SSSR count). The van der Waals surface area contributed by atoms with Gasteiger partial charge in [0, 0.05) is 11.3 Å². The Labute approximate surface area is 108 Å². The minimum Gasteiger partial charge on any atom is -0.508 e. The fourth-order valence-electron chi connectivity index (χ4n) is 1.39. The number of benzene rings is 2. The average molecular weight is 258 g/mol. The van der Waals surface area contributed by atoms with Crippen molar-refractivity contribution in [2.75, 3.05) is 0 Å². The highest BCUT2D eigenvalue weighted by molar-refractivity contribution is 5.90. The zero-order valence-corrected chi connectivity index (χ0v) is 9.72. The molecule has 96 valence electrons. The molecular formula is C13H10N2O4. The molecule has 0 saturated carbocycles. The van der Waals surface area contributed by atoms with Crippen LogP contribution in [0.1, 0.15) is 10.4 Å². The molecule has 0 spiro atoms. The van der Waals surface area contributed by atoms with E-state index in [-0.39, 0.29) is 17.1 Å². The normalized spacial score (nSPS) is 10.5. The van der Waals surface area contributed by atoms with Crippen molar-refractivity contribution in [1.29, 1.82) is 0 Å². The first-order valence-corrected chi connectivity index (χ1v) is 5.36. The second kappa shape index (κ2) is 5.63. The molecule has 0 fully saturated rings. The molecule has 0 aliphatic carbocycles. The fourth-order valence-corrected chi connectivity index (χ4v) is 1.39. The number of para-hydroxylation sites is 1. The molecule has 0 atom stereocenters. The number of aromatic carboxylic acids is 1. The van der Waals surface area contributed by atoms with Gasteiger partial charge in [0.2, 0.25) is 0 Å². The van der Waals surface area contributed by atoms with E-state index in [0.29, 0.717) is 5.69 Å². The molecule has 0 unspecified atom stereocenters. The van der Waals surface area contributed by atoms with Gasteiger partial charge in [0.05, 0.1) is 5.69 Å².